The Hall–Kier alpha value is 0.110. The van der Waals surface area contributed by atoms with Gasteiger partial charge in [0.2, 0.25) is 0 Å². The van der Waals surface area contributed by atoms with Crippen molar-refractivity contribution in [3.8, 4) is 0 Å². The first-order valence-electron chi connectivity index (χ1n) is 4.37. The van der Waals surface area contributed by atoms with Crippen molar-refractivity contribution in [1.82, 2.24) is 0 Å². The van der Waals surface area contributed by atoms with E-state index in [1.165, 1.54) is 0 Å². The van der Waals surface area contributed by atoms with E-state index in [2.05, 4.69) is 0 Å². The standard InChI is InChI=1S/C8H16ClO4P/c1-6(2)12-14(11,8(9)5-10)13-7(3)4/h5-8H,1-4H3. The summed E-state index contributed by atoms with van der Waals surface area (Å²) < 4.78 is 22.1. The van der Waals surface area contributed by atoms with E-state index in [4.69, 9.17) is 20.6 Å². The fourth-order valence-electron chi connectivity index (χ4n) is 0.803. The first kappa shape index (κ1) is 14.1. The van der Waals surface area contributed by atoms with E-state index in [1.54, 1.807) is 27.7 Å². The molecule has 0 aliphatic heterocycles. The largest absolute Gasteiger partial charge is 0.356 e. The van der Waals surface area contributed by atoms with Crippen molar-refractivity contribution in [3.05, 3.63) is 0 Å². The lowest BCUT2D eigenvalue weighted by Gasteiger charge is -2.23. The summed E-state index contributed by atoms with van der Waals surface area (Å²) in [4.78, 5) is 10.5. The minimum Gasteiger partial charge on any atom is -0.304 e. The number of hydrogen-bond donors (Lipinski definition) is 0. The molecule has 4 nitrogen and oxygen atoms in total. The van der Waals surface area contributed by atoms with Crippen LogP contribution in [0.25, 0.3) is 0 Å². The highest BCUT2D eigenvalue weighted by molar-refractivity contribution is 7.57. The van der Waals surface area contributed by atoms with Crippen LogP contribution in [0.2, 0.25) is 0 Å². The Balaban J connectivity index is 4.66. The molecule has 0 bridgehead atoms. The van der Waals surface area contributed by atoms with Gasteiger partial charge in [0.05, 0.1) is 12.2 Å². The number of carbonyl (C=O) groups is 1. The van der Waals surface area contributed by atoms with Gasteiger partial charge in [-0.2, -0.15) is 0 Å². The molecule has 0 aliphatic rings. The van der Waals surface area contributed by atoms with E-state index in [-0.39, 0.29) is 12.2 Å². The molecule has 0 aromatic carbocycles. The molecule has 6 heteroatoms. The number of rotatable bonds is 6. The Morgan fingerprint density at radius 2 is 1.50 bits per heavy atom. The Labute approximate surface area is 89.4 Å². The SMILES string of the molecule is CC(C)OP(=O)(OC(C)C)C(Cl)C=O. The second-order valence-corrected chi connectivity index (χ2v) is 6.19. The summed E-state index contributed by atoms with van der Waals surface area (Å²) in [7, 11) is -3.53. The zero-order valence-corrected chi connectivity index (χ0v) is 10.4. The minimum absolute atomic E-state index is 0.305. The van der Waals surface area contributed by atoms with Crippen molar-refractivity contribution >= 4 is 25.5 Å². The van der Waals surface area contributed by atoms with Crippen LogP contribution < -0.4 is 0 Å². The average Bonchev–Trinajstić information content (AvgIpc) is 1.99. The minimum atomic E-state index is -3.53. The maximum absolute atomic E-state index is 12.0. The van der Waals surface area contributed by atoms with Crippen LogP contribution in [0.1, 0.15) is 27.7 Å². The average molecular weight is 243 g/mol. The number of carbonyl (C=O) groups excluding carboxylic acids is 1. The third kappa shape index (κ3) is 4.56. The second kappa shape index (κ2) is 5.86. The molecular weight excluding hydrogens is 227 g/mol. The first-order valence-corrected chi connectivity index (χ1v) is 6.42. The third-order valence-electron chi connectivity index (χ3n) is 1.13. The van der Waals surface area contributed by atoms with Crippen molar-refractivity contribution in [1.29, 1.82) is 0 Å². The summed E-state index contributed by atoms with van der Waals surface area (Å²) in [6, 6.07) is 0. The molecule has 0 aromatic heterocycles. The third-order valence-corrected chi connectivity index (χ3v) is 4.11. The van der Waals surface area contributed by atoms with Gasteiger partial charge in [-0.15, -0.1) is 11.6 Å². The van der Waals surface area contributed by atoms with Gasteiger partial charge in [-0.25, -0.2) is 0 Å². The molecule has 0 radical (unpaired) electrons. The van der Waals surface area contributed by atoms with Crippen molar-refractivity contribution in [2.75, 3.05) is 0 Å². The number of halogens is 1. The summed E-state index contributed by atoms with van der Waals surface area (Å²) in [5.41, 5.74) is 0. The molecular formula is C8H16ClO4P. The fraction of sp³-hybridized carbons (Fsp3) is 0.875. The topological polar surface area (TPSA) is 52.6 Å². The molecule has 0 N–H and O–H groups in total. The molecule has 0 saturated heterocycles. The maximum Gasteiger partial charge on any atom is 0.356 e. The summed E-state index contributed by atoms with van der Waals surface area (Å²) >= 11 is 5.58. The summed E-state index contributed by atoms with van der Waals surface area (Å²) in [5.74, 6) is 0. The molecule has 0 aromatic rings. The van der Waals surface area contributed by atoms with Crippen LogP contribution in [0.5, 0.6) is 0 Å². The number of aldehydes is 1. The maximum atomic E-state index is 12.0. The quantitative estimate of drug-likeness (QED) is 0.408. The monoisotopic (exact) mass is 242 g/mol. The van der Waals surface area contributed by atoms with Crippen LogP contribution in [0.15, 0.2) is 0 Å². The van der Waals surface area contributed by atoms with E-state index < -0.39 is 12.7 Å². The zero-order chi connectivity index (χ0) is 11.4. The zero-order valence-electron chi connectivity index (χ0n) is 8.77. The highest BCUT2D eigenvalue weighted by atomic mass is 35.5. The van der Waals surface area contributed by atoms with Crippen molar-refractivity contribution < 1.29 is 18.4 Å². The lowest BCUT2D eigenvalue weighted by atomic mass is 10.5. The predicted octanol–water partition coefficient (Wildman–Crippen LogP) is 2.79. The van der Waals surface area contributed by atoms with E-state index in [0.29, 0.717) is 6.29 Å². The number of hydrogen-bond acceptors (Lipinski definition) is 4. The van der Waals surface area contributed by atoms with Crippen LogP contribution in [0.3, 0.4) is 0 Å². The molecule has 0 fully saturated rings. The smallest absolute Gasteiger partial charge is 0.304 e. The van der Waals surface area contributed by atoms with Gasteiger partial charge >= 0.3 is 7.60 Å². The van der Waals surface area contributed by atoms with Crippen LogP contribution in [-0.2, 0) is 18.4 Å². The van der Waals surface area contributed by atoms with Crippen molar-refractivity contribution in [3.63, 3.8) is 0 Å². The molecule has 0 aliphatic carbocycles. The Kier molecular flexibility index (Phi) is 5.91. The highest BCUT2D eigenvalue weighted by Crippen LogP contribution is 2.55. The normalized spacial score (nSPS) is 14.8. The van der Waals surface area contributed by atoms with Crippen molar-refractivity contribution in [2.24, 2.45) is 0 Å². The predicted molar refractivity (Wildman–Crippen MR) is 55.8 cm³/mol. The van der Waals surface area contributed by atoms with E-state index in [1.807, 2.05) is 0 Å². The van der Waals surface area contributed by atoms with Gasteiger partial charge in [0.1, 0.15) is 6.29 Å². The molecule has 0 heterocycles. The highest BCUT2D eigenvalue weighted by Gasteiger charge is 2.36. The van der Waals surface area contributed by atoms with Gasteiger partial charge in [0.25, 0.3) is 0 Å². The Morgan fingerprint density at radius 1 is 1.14 bits per heavy atom. The van der Waals surface area contributed by atoms with Gasteiger partial charge in [-0.3, -0.25) is 4.57 Å². The molecule has 0 saturated carbocycles. The number of alkyl halides is 1. The van der Waals surface area contributed by atoms with Crippen LogP contribution in [-0.4, -0.2) is 23.6 Å². The van der Waals surface area contributed by atoms with Gasteiger partial charge in [-0.1, -0.05) is 0 Å². The van der Waals surface area contributed by atoms with Gasteiger partial charge in [-0.05, 0) is 27.7 Å². The van der Waals surface area contributed by atoms with E-state index in [9.17, 15) is 9.36 Å². The molecule has 14 heavy (non-hydrogen) atoms. The molecule has 0 spiro atoms. The van der Waals surface area contributed by atoms with E-state index >= 15 is 0 Å². The fourth-order valence-corrected chi connectivity index (χ4v) is 2.69. The Bertz CT molecular complexity index is 215. The first-order chi connectivity index (χ1) is 6.31. The second-order valence-electron chi connectivity index (χ2n) is 3.36. The van der Waals surface area contributed by atoms with Gasteiger partial charge in [0.15, 0.2) is 5.12 Å². The summed E-state index contributed by atoms with van der Waals surface area (Å²) in [6.45, 7) is 6.80. The molecule has 0 rings (SSSR count). The summed E-state index contributed by atoms with van der Waals surface area (Å²) in [6.07, 6.45) is -0.242. The van der Waals surface area contributed by atoms with Crippen LogP contribution >= 0.6 is 19.2 Å². The summed E-state index contributed by atoms with van der Waals surface area (Å²) in [5, 5.41) is -1.24. The van der Waals surface area contributed by atoms with E-state index in [0.717, 1.165) is 0 Å². The van der Waals surface area contributed by atoms with Gasteiger partial charge < -0.3 is 13.8 Å². The van der Waals surface area contributed by atoms with Crippen LogP contribution in [0.4, 0.5) is 0 Å². The van der Waals surface area contributed by atoms with Crippen LogP contribution in [0, 0.1) is 0 Å². The lowest BCUT2D eigenvalue weighted by Crippen LogP contribution is -2.15. The molecule has 0 amide bonds. The Morgan fingerprint density at radius 3 is 1.71 bits per heavy atom. The van der Waals surface area contributed by atoms with Crippen molar-refractivity contribution in [2.45, 2.75) is 45.0 Å². The molecule has 1 atom stereocenters. The molecule has 84 valence electrons. The molecule has 1 unspecified atom stereocenters. The lowest BCUT2D eigenvalue weighted by molar-refractivity contribution is -0.106. The van der Waals surface area contributed by atoms with Gasteiger partial charge in [0, 0.05) is 0 Å².